The van der Waals surface area contributed by atoms with Crippen molar-refractivity contribution in [1.29, 1.82) is 0 Å². The maximum Gasteiger partial charge on any atom is 0.236 e. The van der Waals surface area contributed by atoms with Gasteiger partial charge in [-0.2, -0.15) is 0 Å². The molecule has 3 aliphatic rings. The standard InChI is InChI=1S/C18H22N2O3/c1-18-11-13(12-7-3-4-8-14(12)23-18)15(16(21)19-18)17(22)20-9-5-2-6-10-20/h3-4,7-8,13,15H,2,5-6,9-11H2,1H3,(H,19,21). The molecule has 122 valence electrons. The summed E-state index contributed by atoms with van der Waals surface area (Å²) in [6.07, 6.45) is 3.86. The Kier molecular flexibility index (Phi) is 3.32. The molecule has 2 amide bonds. The number of likely N-dealkylation sites (tertiary alicyclic amines) is 1. The zero-order valence-electron chi connectivity index (χ0n) is 13.4. The van der Waals surface area contributed by atoms with Crippen molar-refractivity contribution in [1.82, 2.24) is 10.2 Å². The van der Waals surface area contributed by atoms with Crippen molar-refractivity contribution in [2.24, 2.45) is 5.92 Å². The molecule has 1 aromatic rings. The molecule has 2 saturated heterocycles. The zero-order valence-corrected chi connectivity index (χ0v) is 13.4. The monoisotopic (exact) mass is 314 g/mol. The van der Waals surface area contributed by atoms with E-state index in [1.807, 2.05) is 36.1 Å². The van der Waals surface area contributed by atoms with Crippen LogP contribution in [-0.2, 0) is 9.59 Å². The lowest BCUT2D eigenvalue weighted by Crippen LogP contribution is -2.63. The van der Waals surface area contributed by atoms with Gasteiger partial charge in [0, 0.05) is 25.4 Å². The van der Waals surface area contributed by atoms with Crippen molar-refractivity contribution in [2.75, 3.05) is 13.1 Å². The predicted molar refractivity (Wildman–Crippen MR) is 84.9 cm³/mol. The number of hydrogen-bond acceptors (Lipinski definition) is 3. The molecule has 4 rings (SSSR count). The first-order valence-electron chi connectivity index (χ1n) is 8.46. The molecule has 0 radical (unpaired) electrons. The van der Waals surface area contributed by atoms with Gasteiger partial charge in [0.15, 0.2) is 5.72 Å². The molecule has 3 unspecified atom stereocenters. The summed E-state index contributed by atoms with van der Waals surface area (Å²) in [7, 11) is 0. The van der Waals surface area contributed by atoms with Crippen molar-refractivity contribution < 1.29 is 14.3 Å². The fraction of sp³-hybridized carbons (Fsp3) is 0.556. The average Bonchev–Trinajstić information content (AvgIpc) is 2.54. The van der Waals surface area contributed by atoms with E-state index in [0.29, 0.717) is 6.42 Å². The molecule has 23 heavy (non-hydrogen) atoms. The number of nitrogens with one attached hydrogen (secondary N) is 1. The Morgan fingerprint density at radius 3 is 2.78 bits per heavy atom. The largest absolute Gasteiger partial charge is 0.468 e. The number of benzene rings is 1. The summed E-state index contributed by atoms with van der Waals surface area (Å²) in [5.74, 6) is -0.179. The molecule has 2 fully saturated rings. The minimum absolute atomic E-state index is 0.0223. The first kappa shape index (κ1) is 14.5. The molecule has 0 spiro atoms. The van der Waals surface area contributed by atoms with Gasteiger partial charge in [-0.3, -0.25) is 9.59 Å². The van der Waals surface area contributed by atoms with Gasteiger partial charge < -0.3 is 15.0 Å². The van der Waals surface area contributed by atoms with E-state index in [1.54, 1.807) is 0 Å². The fourth-order valence-electron chi connectivity index (χ4n) is 4.18. The van der Waals surface area contributed by atoms with Gasteiger partial charge >= 0.3 is 0 Å². The third-order valence-corrected chi connectivity index (χ3v) is 5.27. The highest BCUT2D eigenvalue weighted by Crippen LogP contribution is 2.47. The topological polar surface area (TPSA) is 58.6 Å². The quantitative estimate of drug-likeness (QED) is 0.807. The summed E-state index contributed by atoms with van der Waals surface area (Å²) < 4.78 is 5.98. The SMILES string of the molecule is CC12CC(c3ccccc3O1)C(C(=O)N1CCCCC1)C(=O)N2. The van der Waals surface area contributed by atoms with Crippen LogP contribution in [-0.4, -0.2) is 35.5 Å². The normalized spacial score (nSPS) is 32.6. The Morgan fingerprint density at radius 1 is 1.26 bits per heavy atom. The molecule has 0 aromatic heterocycles. The molecule has 1 aromatic carbocycles. The van der Waals surface area contributed by atoms with E-state index in [0.717, 1.165) is 37.2 Å². The van der Waals surface area contributed by atoms with Gasteiger partial charge in [0.1, 0.15) is 11.7 Å². The van der Waals surface area contributed by atoms with Crippen molar-refractivity contribution in [3.63, 3.8) is 0 Å². The molecular formula is C18H22N2O3. The number of amides is 2. The van der Waals surface area contributed by atoms with Crippen molar-refractivity contribution in [3.8, 4) is 5.75 Å². The number of fused-ring (bicyclic) bond motifs is 4. The molecule has 3 atom stereocenters. The maximum atomic E-state index is 13.0. The van der Waals surface area contributed by atoms with Gasteiger partial charge in [0.2, 0.25) is 11.8 Å². The Labute approximate surface area is 136 Å². The summed E-state index contributed by atoms with van der Waals surface area (Å²) in [5, 5.41) is 2.93. The highest BCUT2D eigenvalue weighted by atomic mass is 16.5. The molecule has 0 aliphatic carbocycles. The molecule has 5 heteroatoms. The lowest BCUT2D eigenvalue weighted by Gasteiger charge is -2.47. The maximum absolute atomic E-state index is 13.0. The predicted octanol–water partition coefficient (Wildman–Crippen LogP) is 2.03. The number of hydrogen-bond donors (Lipinski definition) is 1. The van der Waals surface area contributed by atoms with E-state index >= 15 is 0 Å². The number of ether oxygens (including phenoxy) is 1. The first-order chi connectivity index (χ1) is 11.1. The Morgan fingerprint density at radius 2 is 2.00 bits per heavy atom. The van der Waals surface area contributed by atoms with E-state index in [4.69, 9.17) is 4.74 Å². The molecule has 0 saturated carbocycles. The minimum Gasteiger partial charge on any atom is -0.468 e. The highest BCUT2D eigenvalue weighted by Gasteiger charge is 2.52. The van der Waals surface area contributed by atoms with Crippen LogP contribution in [0.25, 0.3) is 0 Å². The van der Waals surface area contributed by atoms with E-state index in [1.165, 1.54) is 6.42 Å². The minimum atomic E-state index is -0.714. The van der Waals surface area contributed by atoms with Crippen LogP contribution in [0.5, 0.6) is 5.75 Å². The van der Waals surface area contributed by atoms with E-state index < -0.39 is 11.6 Å². The van der Waals surface area contributed by atoms with Crippen molar-refractivity contribution in [3.05, 3.63) is 29.8 Å². The molecule has 5 nitrogen and oxygen atoms in total. The van der Waals surface area contributed by atoms with Crippen LogP contribution in [0, 0.1) is 5.92 Å². The first-order valence-corrected chi connectivity index (χ1v) is 8.46. The van der Waals surface area contributed by atoms with Crippen LogP contribution in [0.1, 0.15) is 44.1 Å². The molecular weight excluding hydrogens is 292 g/mol. The lowest BCUT2D eigenvalue weighted by molar-refractivity contribution is -0.152. The van der Waals surface area contributed by atoms with E-state index in [2.05, 4.69) is 5.32 Å². The number of carbonyl (C=O) groups excluding carboxylic acids is 2. The van der Waals surface area contributed by atoms with Gasteiger partial charge in [-0.1, -0.05) is 18.2 Å². The smallest absolute Gasteiger partial charge is 0.236 e. The second-order valence-corrected chi connectivity index (χ2v) is 7.03. The summed E-state index contributed by atoms with van der Waals surface area (Å²) in [6, 6.07) is 7.76. The summed E-state index contributed by atoms with van der Waals surface area (Å²) in [4.78, 5) is 27.5. The lowest BCUT2D eigenvalue weighted by atomic mass is 9.74. The van der Waals surface area contributed by atoms with Gasteiger partial charge in [-0.15, -0.1) is 0 Å². The molecule has 2 bridgehead atoms. The number of carbonyl (C=O) groups is 2. The molecule has 3 aliphatic heterocycles. The number of para-hydroxylation sites is 1. The Bertz CT molecular complexity index is 653. The fourth-order valence-corrected chi connectivity index (χ4v) is 4.18. The van der Waals surface area contributed by atoms with Crippen LogP contribution < -0.4 is 10.1 Å². The van der Waals surface area contributed by atoms with Gasteiger partial charge in [0.25, 0.3) is 0 Å². The van der Waals surface area contributed by atoms with Crippen LogP contribution in [0.4, 0.5) is 0 Å². The third-order valence-electron chi connectivity index (χ3n) is 5.27. The van der Waals surface area contributed by atoms with Crippen LogP contribution >= 0.6 is 0 Å². The number of piperidine rings is 2. The second kappa shape index (κ2) is 5.25. The van der Waals surface area contributed by atoms with Crippen molar-refractivity contribution >= 4 is 11.8 Å². The van der Waals surface area contributed by atoms with Crippen LogP contribution in [0.3, 0.4) is 0 Å². The Balaban J connectivity index is 1.70. The van der Waals surface area contributed by atoms with Gasteiger partial charge in [-0.25, -0.2) is 0 Å². The average molecular weight is 314 g/mol. The van der Waals surface area contributed by atoms with E-state index in [-0.39, 0.29) is 17.7 Å². The van der Waals surface area contributed by atoms with Crippen molar-refractivity contribution in [2.45, 2.75) is 44.2 Å². The molecule has 1 N–H and O–H groups in total. The van der Waals surface area contributed by atoms with Crippen LogP contribution in [0.15, 0.2) is 24.3 Å². The number of nitrogens with zero attached hydrogens (tertiary/aromatic N) is 1. The van der Waals surface area contributed by atoms with Gasteiger partial charge in [0.05, 0.1) is 0 Å². The van der Waals surface area contributed by atoms with Crippen LogP contribution in [0.2, 0.25) is 0 Å². The summed E-state index contributed by atoms with van der Waals surface area (Å²) in [5.41, 5.74) is 0.268. The summed E-state index contributed by atoms with van der Waals surface area (Å²) in [6.45, 7) is 3.42. The third kappa shape index (κ3) is 2.38. The van der Waals surface area contributed by atoms with E-state index in [9.17, 15) is 9.59 Å². The Hall–Kier alpha value is -2.04. The summed E-state index contributed by atoms with van der Waals surface area (Å²) >= 11 is 0. The zero-order chi connectivity index (χ0) is 16.0. The highest BCUT2D eigenvalue weighted by molar-refractivity contribution is 6.02. The number of rotatable bonds is 1. The molecule has 3 heterocycles. The van der Waals surface area contributed by atoms with Gasteiger partial charge in [-0.05, 0) is 37.8 Å². The second-order valence-electron chi connectivity index (χ2n) is 7.03.